The topological polar surface area (TPSA) is 50.1 Å². The van der Waals surface area contributed by atoms with E-state index in [1.807, 2.05) is 12.1 Å². The summed E-state index contributed by atoms with van der Waals surface area (Å²) in [5.41, 5.74) is 0.559. The molecule has 114 valence electrons. The van der Waals surface area contributed by atoms with Crippen LogP contribution in [0.3, 0.4) is 0 Å². The molecule has 5 heteroatoms. The van der Waals surface area contributed by atoms with E-state index < -0.39 is 0 Å². The number of rotatable bonds is 6. The van der Waals surface area contributed by atoms with Crippen molar-refractivity contribution in [2.45, 2.75) is 39.3 Å². The van der Waals surface area contributed by atoms with Crippen LogP contribution < -0.4 is 10.6 Å². The summed E-state index contributed by atoms with van der Waals surface area (Å²) in [6.07, 6.45) is 3.95. The lowest BCUT2D eigenvalue weighted by Gasteiger charge is -2.21. The first-order valence-corrected chi connectivity index (χ1v) is 7.10. The number of nitrogens with zero attached hydrogens (tertiary/aromatic N) is 1. The first kappa shape index (κ1) is 15.5. The minimum Gasteiger partial charge on any atom is -0.469 e. The molecule has 0 fully saturated rings. The molecule has 0 aliphatic heterocycles. The van der Waals surface area contributed by atoms with Crippen LogP contribution in [0.4, 0.5) is 10.2 Å². The minimum atomic E-state index is -0.298. The summed E-state index contributed by atoms with van der Waals surface area (Å²) in [7, 11) is 0. The molecule has 2 rings (SSSR count). The first-order valence-electron chi connectivity index (χ1n) is 7.10. The van der Waals surface area contributed by atoms with Gasteiger partial charge in [0.15, 0.2) is 11.6 Å². The van der Waals surface area contributed by atoms with Gasteiger partial charge in [-0.2, -0.15) is 0 Å². The van der Waals surface area contributed by atoms with E-state index in [0.29, 0.717) is 25.1 Å². The van der Waals surface area contributed by atoms with Crippen LogP contribution >= 0.6 is 0 Å². The number of hydrogen-bond acceptors (Lipinski definition) is 4. The second kappa shape index (κ2) is 6.72. The fourth-order valence-electron chi connectivity index (χ4n) is 1.86. The van der Waals surface area contributed by atoms with E-state index in [4.69, 9.17) is 4.42 Å². The third-order valence-corrected chi connectivity index (χ3v) is 3.02. The van der Waals surface area contributed by atoms with Crippen molar-refractivity contribution in [3.8, 4) is 0 Å². The summed E-state index contributed by atoms with van der Waals surface area (Å²) in [5, 5.41) is 6.29. The van der Waals surface area contributed by atoms with Crippen molar-refractivity contribution >= 4 is 5.82 Å². The molecule has 0 spiro atoms. The predicted octanol–water partition coefficient (Wildman–Crippen LogP) is 3.36. The Morgan fingerprint density at radius 1 is 1.29 bits per heavy atom. The molecule has 4 nitrogen and oxygen atoms in total. The maximum atomic E-state index is 14.3. The van der Waals surface area contributed by atoms with Crippen LogP contribution in [0, 0.1) is 5.82 Å². The molecule has 0 atom stereocenters. The summed E-state index contributed by atoms with van der Waals surface area (Å²) >= 11 is 0. The van der Waals surface area contributed by atoms with Crippen molar-refractivity contribution < 1.29 is 8.81 Å². The molecule has 2 aromatic heterocycles. The lowest BCUT2D eigenvalue weighted by atomic mass is 10.1. The summed E-state index contributed by atoms with van der Waals surface area (Å²) < 4.78 is 19.6. The number of halogens is 1. The van der Waals surface area contributed by atoms with Crippen LogP contribution in [-0.4, -0.2) is 17.1 Å². The molecule has 21 heavy (non-hydrogen) atoms. The molecule has 0 unspecified atom stereocenters. The second-order valence-corrected chi connectivity index (χ2v) is 5.99. The Kier molecular flexibility index (Phi) is 4.96. The van der Waals surface area contributed by atoms with Gasteiger partial charge in [-0.25, -0.2) is 9.37 Å². The average molecular weight is 291 g/mol. The molecule has 0 saturated carbocycles. The molecule has 0 amide bonds. The minimum absolute atomic E-state index is 0.0530. The van der Waals surface area contributed by atoms with E-state index in [1.165, 1.54) is 0 Å². The average Bonchev–Trinajstić information content (AvgIpc) is 2.91. The van der Waals surface area contributed by atoms with Gasteiger partial charge in [0.2, 0.25) is 0 Å². The van der Waals surface area contributed by atoms with Gasteiger partial charge in [-0.1, -0.05) is 0 Å². The van der Waals surface area contributed by atoms with E-state index in [9.17, 15) is 4.39 Å². The van der Waals surface area contributed by atoms with Gasteiger partial charge in [-0.05, 0) is 39.0 Å². The Balaban J connectivity index is 1.93. The predicted molar refractivity (Wildman–Crippen MR) is 81.7 cm³/mol. The third kappa shape index (κ3) is 4.86. The Hall–Kier alpha value is -1.88. The van der Waals surface area contributed by atoms with Gasteiger partial charge in [-0.15, -0.1) is 0 Å². The van der Waals surface area contributed by atoms with Crippen LogP contribution in [-0.2, 0) is 13.0 Å². The van der Waals surface area contributed by atoms with Crippen molar-refractivity contribution in [2.24, 2.45) is 0 Å². The van der Waals surface area contributed by atoms with Crippen molar-refractivity contribution in [3.63, 3.8) is 0 Å². The highest BCUT2D eigenvalue weighted by Crippen LogP contribution is 2.16. The normalized spacial score (nSPS) is 11.6. The second-order valence-electron chi connectivity index (χ2n) is 5.99. The van der Waals surface area contributed by atoms with Gasteiger partial charge in [0, 0.05) is 36.8 Å². The summed E-state index contributed by atoms with van der Waals surface area (Å²) in [6.45, 7) is 7.20. The maximum Gasteiger partial charge on any atom is 0.169 e. The van der Waals surface area contributed by atoms with Crippen molar-refractivity contribution in [1.82, 2.24) is 10.3 Å². The highest BCUT2D eigenvalue weighted by molar-refractivity contribution is 5.40. The van der Waals surface area contributed by atoms with Gasteiger partial charge >= 0.3 is 0 Å². The van der Waals surface area contributed by atoms with E-state index in [0.717, 1.165) is 5.76 Å². The summed E-state index contributed by atoms with van der Waals surface area (Å²) in [4.78, 5) is 4.06. The van der Waals surface area contributed by atoms with Crippen LogP contribution in [0.5, 0.6) is 0 Å². The van der Waals surface area contributed by atoms with Crippen LogP contribution in [0.1, 0.15) is 32.1 Å². The van der Waals surface area contributed by atoms with Crippen LogP contribution in [0.15, 0.2) is 35.1 Å². The summed E-state index contributed by atoms with van der Waals surface area (Å²) in [5.74, 6) is 0.858. The van der Waals surface area contributed by atoms with Crippen LogP contribution in [0.25, 0.3) is 0 Å². The number of pyridine rings is 1. The largest absolute Gasteiger partial charge is 0.469 e. The molecular formula is C16H22FN3O. The highest BCUT2D eigenvalue weighted by atomic mass is 19.1. The number of anilines is 1. The zero-order chi connectivity index (χ0) is 15.3. The third-order valence-electron chi connectivity index (χ3n) is 3.02. The standard InChI is InChI=1S/C16H22FN3O/c1-16(2,3)20-11-12-6-8-18-15(14(12)17)19-9-7-13-5-4-10-21-13/h4-6,8,10,20H,7,9,11H2,1-3H3,(H,18,19). The molecule has 2 heterocycles. The smallest absolute Gasteiger partial charge is 0.169 e. The Labute approximate surface area is 124 Å². The number of aromatic nitrogens is 1. The van der Waals surface area contributed by atoms with Crippen molar-refractivity contribution in [1.29, 1.82) is 0 Å². The lowest BCUT2D eigenvalue weighted by molar-refractivity contribution is 0.418. The molecular weight excluding hydrogens is 269 g/mol. The molecule has 0 aliphatic rings. The van der Waals surface area contributed by atoms with Crippen molar-refractivity contribution in [2.75, 3.05) is 11.9 Å². The quantitative estimate of drug-likeness (QED) is 0.857. The Morgan fingerprint density at radius 3 is 2.76 bits per heavy atom. The molecule has 0 aliphatic carbocycles. The molecule has 0 saturated heterocycles. The van der Waals surface area contributed by atoms with Gasteiger partial charge in [0.1, 0.15) is 5.76 Å². The van der Waals surface area contributed by atoms with Crippen molar-refractivity contribution in [3.05, 3.63) is 47.8 Å². The van der Waals surface area contributed by atoms with E-state index in [2.05, 4.69) is 36.4 Å². The van der Waals surface area contributed by atoms with Crippen LogP contribution in [0.2, 0.25) is 0 Å². The van der Waals surface area contributed by atoms with E-state index in [-0.39, 0.29) is 17.2 Å². The molecule has 0 bridgehead atoms. The fourth-order valence-corrected chi connectivity index (χ4v) is 1.86. The number of nitrogens with one attached hydrogen (secondary N) is 2. The van der Waals surface area contributed by atoms with Gasteiger partial charge < -0.3 is 15.1 Å². The summed E-state index contributed by atoms with van der Waals surface area (Å²) in [6, 6.07) is 5.44. The van der Waals surface area contributed by atoms with Gasteiger partial charge in [0.25, 0.3) is 0 Å². The monoisotopic (exact) mass is 291 g/mol. The highest BCUT2D eigenvalue weighted by Gasteiger charge is 2.13. The molecule has 2 N–H and O–H groups in total. The molecule has 0 aromatic carbocycles. The molecule has 0 radical (unpaired) electrons. The Morgan fingerprint density at radius 2 is 2.10 bits per heavy atom. The molecule has 2 aromatic rings. The van der Waals surface area contributed by atoms with E-state index in [1.54, 1.807) is 18.5 Å². The first-order chi connectivity index (χ1) is 9.96. The number of hydrogen-bond donors (Lipinski definition) is 2. The van der Waals surface area contributed by atoms with Gasteiger partial charge in [0.05, 0.1) is 6.26 Å². The lowest BCUT2D eigenvalue weighted by Crippen LogP contribution is -2.35. The zero-order valence-corrected chi connectivity index (χ0v) is 12.7. The van der Waals surface area contributed by atoms with E-state index >= 15 is 0 Å². The zero-order valence-electron chi connectivity index (χ0n) is 12.7. The fraction of sp³-hybridized carbons (Fsp3) is 0.438. The maximum absolute atomic E-state index is 14.3. The SMILES string of the molecule is CC(C)(C)NCc1ccnc(NCCc2ccco2)c1F. The number of furan rings is 1. The van der Waals surface area contributed by atoms with Gasteiger partial charge in [-0.3, -0.25) is 0 Å². The Bertz CT molecular complexity index is 561.